The molecule has 0 spiro atoms. The quantitative estimate of drug-likeness (QED) is 0.591. The first kappa shape index (κ1) is 20.6. The summed E-state index contributed by atoms with van der Waals surface area (Å²) >= 11 is 13.3. The average molecular weight is 437 g/mol. The maximum atomic E-state index is 12.3. The number of rotatable bonds is 6. The first-order chi connectivity index (χ1) is 13.5. The molecule has 1 N–H and O–H groups in total. The maximum Gasteiger partial charge on any atom is 0.264 e. The Morgan fingerprint density at radius 2 is 2.00 bits per heavy atom. The highest BCUT2D eigenvalue weighted by Crippen LogP contribution is 2.34. The SMILES string of the molecule is CCCOc1ccc(/C=C2\SC(=Nc3ccc(Cl)cc3Cl)NC2=O)cc1OC. The monoisotopic (exact) mass is 436 g/mol. The predicted octanol–water partition coefficient (Wildman–Crippen LogP) is 5.68. The van der Waals surface area contributed by atoms with Gasteiger partial charge in [-0.2, -0.15) is 0 Å². The van der Waals surface area contributed by atoms with Crippen molar-refractivity contribution in [1.29, 1.82) is 0 Å². The Labute approximate surface area is 177 Å². The fourth-order valence-corrected chi connectivity index (χ4v) is 3.70. The second kappa shape index (κ2) is 9.37. The summed E-state index contributed by atoms with van der Waals surface area (Å²) in [4.78, 5) is 17.2. The number of ether oxygens (including phenoxy) is 2. The van der Waals surface area contributed by atoms with E-state index in [1.807, 2.05) is 25.1 Å². The Morgan fingerprint density at radius 1 is 1.18 bits per heavy atom. The summed E-state index contributed by atoms with van der Waals surface area (Å²) in [6.45, 7) is 2.65. The zero-order valence-electron chi connectivity index (χ0n) is 15.3. The van der Waals surface area contributed by atoms with Crippen LogP contribution in [-0.4, -0.2) is 24.8 Å². The van der Waals surface area contributed by atoms with E-state index in [0.717, 1.165) is 12.0 Å². The standard InChI is InChI=1S/C20H18Cl2N2O3S/c1-3-8-27-16-7-4-12(9-17(16)26-2)10-18-19(25)24-20(28-18)23-15-6-5-13(21)11-14(15)22/h4-7,9-11H,3,8H2,1-2H3,(H,23,24,25)/b18-10-. The highest BCUT2D eigenvalue weighted by atomic mass is 35.5. The van der Waals surface area contributed by atoms with Crippen LogP contribution in [0.15, 0.2) is 46.3 Å². The number of benzene rings is 2. The molecule has 1 aliphatic heterocycles. The number of nitrogens with zero attached hydrogens (tertiary/aromatic N) is 1. The molecule has 2 aromatic carbocycles. The molecule has 0 saturated carbocycles. The molecule has 3 rings (SSSR count). The highest BCUT2D eigenvalue weighted by molar-refractivity contribution is 8.18. The summed E-state index contributed by atoms with van der Waals surface area (Å²) in [6.07, 6.45) is 2.68. The summed E-state index contributed by atoms with van der Waals surface area (Å²) < 4.78 is 11.0. The summed E-state index contributed by atoms with van der Waals surface area (Å²) in [5, 5.41) is 4.14. The van der Waals surface area contributed by atoms with E-state index in [9.17, 15) is 4.79 Å². The number of nitrogens with one attached hydrogen (secondary N) is 1. The molecule has 0 aliphatic carbocycles. The maximum absolute atomic E-state index is 12.3. The number of halogens is 2. The number of aliphatic imine (C=N–C) groups is 1. The molecule has 1 saturated heterocycles. The van der Waals surface area contributed by atoms with E-state index in [0.29, 0.717) is 43.9 Å². The van der Waals surface area contributed by atoms with Crippen LogP contribution < -0.4 is 14.8 Å². The predicted molar refractivity (Wildman–Crippen MR) is 116 cm³/mol. The first-order valence-corrected chi connectivity index (χ1v) is 10.1. The number of thioether (sulfide) groups is 1. The normalized spacial score (nSPS) is 16.5. The molecule has 1 amide bonds. The molecule has 0 atom stereocenters. The Bertz CT molecular complexity index is 960. The second-order valence-electron chi connectivity index (χ2n) is 5.84. The van der Waals surface area contributed by atoms with Crippen molar-refractivity contribution in [2.75, 3.05) is 13.7 Å². The van der Waals surface area contributed by atoms with Crippen molar-refractivity contribution in [1.82, 2.24) is 5.32 Å². The van der Waals surface area contributed by atoms with Gasteiger partial charge in [-0.25, -0.2) is 4.99 Å². The lowest BCUT2D eigenvalue weighted by Gasteiger charge is -2.10. The molecule has 1 heterocycles. The van der Waals surface area contributed by atoms with E-state index in [-0.39, 0.29) is 5.91 Å². The van der Waals surface area contributed by atoms with E-state index in [1.165, 1.54) is 11.8 Å². The fourth-order valence-electron chi connectivity index (χ4n) is 2.42. The summed E-state index contributed by atoms with van der Waals surface area (Å²) in [7, 11) is 1.59. The molecule has 146 valence electrons. The molecule has 0 aromatic heterocycles. The number of hydrogen-bond acceptors (Lipinski definition) is 5. The number of carbonyl (C=O) groups is 1. The van der Waals surface area contributed by atoms with Gasteiger partial charge in [-0.1, -0.05) is 36.2 Å². The lowest BCUT2D eigenvalue weighted by Crippen LogP contribution is -2.19. The van der Waals surface area contributed by atoms with Crippen molar-refractivity contribution >= 4 is 57.8 Å². The van der Waals surface area contributed by atoms with E-state index >= 15 is 0 Å². The third kappa shape index (κ3) is 5.01. The number of hydrogen-bond donors (Lipinski definition) is 1. The molecule has 28 heavy (non-hydrogen) atoms. The van der Waals surface area contributed by atoms with Crippen LogP contribution in [0.1, 0.15) is 18.9 Å². The van der Waals surface area contributed by atoms with Crippen molar-refractivity contribution < 1.29 is 14.3 Å². The van der Waals surface area contributed by atoms with Crippen LogP contribution in [0.2, 0.25) is 10.0 Å². The van der Waals surface area contributed by atoms with Gasteiger partial charge < -0.3 is 14.8 Å². The molecular weight excluding hydrogens is 419 g/mol. The topological polar surface area (TPSA) is 59.9 Å². The van der Waals surface area contributed by atoms with Crippen molar-refractivity contribution in [2.45, 2.75) is 13.3 Å². The minimum Gasteiger partial charge on any atom is -0.493 e. The first-order valence-electron chi connectivity index (χ1n) is 8.55. The van der Waals surface area contributed by atoms with Gasteiger partial charge in [0, 0.05) is 5.02 Å². The minimum atomic E-state index is -0.223. The van der Waals surface area contributed by atoms with Crippen LogP contribution in [0.3, 0.4) is 0 Å². The molecular formula is C20H18Cl2N2O3S. The molecule has 2 aromatic rings. The molecule has 5 nitrogen and oxygen atoms in total. The van der Waals surface area contributed by atoms with Gasteiger partial charge in [0.05, 0.1) is 29.3 Å². The van der Waals surface area contributed by atoms with Crippen molar-refractivity contribution in [2.24, 2.45) is 4.99 Å². The van der Waals surface area contributed by atoms with Crippen molar-refractivity contribution in [3.8, 4) is 11.5 Å². The Morgan fingerprint density at radius 3 is 2.71 bits per heavy atom. The van der Waals surface area contributed by atoms with Gasteiger partial charge in [0.1, 0.15) is 0 Å². The third-order valence-corrected chi connectivity index (χ3v) is 5.18. The van der Waals surface area contributed by atoms with Crippen LogP contribution in [0, 0.1) is 0 Å². The summed E-state index contributed by atoms with van der Waals surface area (Å²) in [5.74, 6) is 1.07. The van der Waals surface area contributed by atoms with Gasteiger partial charge in [-0.05, 0) is 60.2 Å². The van der Waals surface area contributed by atoms with Crippen LogP contribution in [0.5, 0.6) is 11.5 Å². The third-order valence-electron chi connectivity index (χ3n) is 3.73. The number of amidine groups is 1. The Kier molecular flexibility index (Phi) is 6.88. The van der Waals surface area contributed by atoms with Crippen LogP contribution in [-0.2, 0) is 4.79 Å². The summed E-state index contributed by atoms with van der Waals surface area (Å²) in [6, 6.07) is 10.5. The zero-order chi connectivity index (χ0) is 20.1. The zero-order valence-corrected chi connectivity index (χ0v) is 17.6. The van der Waals surface area contributed by atoms with Gasteiger partial charge in [-0.3, -0.25) is 4.79 Å². The summed E-state index contributed by atoms with van der Waals surface area (Å²) in [5.41, 5.74) is 1.36. The average Bonchev–Trinajstić information content (AvgIpc) is 3.01. The Balaban J connectivity index is 1.81. The molecule has 1 fully saturated rings. The number of methoxy groups -OCH3 is 1. The van der Waals surface area contributed by atoms with E-state index < -0.39 is 0 Å². The second-order valence-corrected chi connectivity index (χ2v) is 7.71. The Hall–Kier alpha value is -2.15. The van der Waals surface area contributed by atoms with E-state index in [1.54, 1.807) is 31.4 Å². The molecule has 8 heteroatoms. The van der Waals surface area contributed by atoms with Gasteiger partial charge >= 0.3 is 0 Å². The lowest BCUT2D eigenvalue weighted by molar-refractivity contribution is -0.115. The minimum absolute atomic E-state index is 0.223. The number of amides is 1. The van der Waals surface area contributed by atoms with Gasteiger partial charge in [-0.15, -0.1) is 0 Å². The van der Waals surface area contributed by atoms with Crippen LogP contribution in [0.4, 0.5) is 5.69 Å². The van der Waals surface area contributed by atoms with Crippen LogP contribution in [0.25, 0.3) is 6.08 Å². The largest absolute Gasteiger partial charge is 0.493 e. The molecule has 0 radical (unpaired) electrons. The van der Waals surface area contributed by atoms with Crippen molar-refractivity contribution in [3.05, 3.63) is 56.9 Å². The smallest absolute Gasteiger partial charge is 0.264 e. The fraction of sp³-hybridized carbons (Fsp3) is 0.200. The van der Waals surface area contributed by atoms with Gasteiger partial charge in [0.2, 0.25) is 0 Å². The lowest BCUT2D eigenvalue weighted by atomic mass is 10.2. The van der Waals surface area contributed by atoms with Crippen LogP contribution >= 0.6 is 35.0 Å². The van der Waals surface area contributed by atoms with Crippen molar-refractivity contribution in [3.63, 3.8) is 0 Å². The molecule has 0 unspecified atom stereocenters. The van der Waals surface area contributed by atoms with E-state index in [2.05, 4.69) is 10.3 Å². The number of carbonyl (C=O) groups excluding carboxylic acids is 1. The highest BCUT2D eigenvalue weighted by Gasteiger charge is 2.24. The van der Waals surface area contributed by atoms with Gasteiger partial charge in [0.25, 0.3) is 5.91 Å². The van der Waals surface area contributed by atoms with Gasteiger partial charge in [0.15, 0.2) is 16.7 Å². The molecule has 1 aliphatic rings. The molecule has 0 bridgehead atoms. The van der Waals surface area contributed by atoms with E-state index in [4.69, 9.17) is 32.7 Å².